The van der Waals surface area contributed by atoms with Crippen LogP contribution in [0, 0.1) is 0 Å². The molecule has 0 bridgehead atoms. The first-order valence-corrected chi connectivity index (χ1v) is 11.6. The van der Waals surface area contributed by atoms with Gasteiger partial charge in [0.25, 0.3) is 0 Å². The fraction of sp³-hybridized carbons (Fsp3) is 0.133. The van der Waals surface area contributed by atoms with Crippen molar-refractivity contribution in [1.82, 2.24) is 0 Å². The average molecular weight is 571 g/mol. The van der Waals surface area contributed by atoms with Crippen LogP contribution in [0.25, 0.3) is 0 Å². The molecule has 1 radical (unpaired) electrons. The van der Waals surface area contributed by atoms with E-state index in [0.29, 0.717) is 24.3 Å². The summed E-state index contributed by atoms with van der Waals surface area (Å²) < 4.78 is 12.4. The van der Waals surface area contributed by atoms with Gasteiger partial charge in [-0.25, -0.2) is 0 Å². The van der Waals surface area contributed by atoms with Gasteiger partial charge >= 0.3 is 17.1 Å². The number of halogens is 1. The number of benzene rings is 4. The summed E-state index contributed by atoms with van der Waals surface area (Å²) in [6, 6.07) is 33.4. The summed E-state index contributed by atoms with van der Waals surface area (Å²) >= 11 is 0. The van der Waals surface area contributed by atoms with Crippen LogP contribution in [0.4, 0.5) is 0 Å². The first-order chi connectivity index (χ1) is 17.7. The van der Waals surface area contributed by atoms with Gasteiger partial charge in [0, 0.05) is 23.6 Å². The molecule has 4 aromatic rings. The zero-order valence-electron chi connectivity index (χ0n) is 20.5. The number of rotatable bonds is 11. The van der Waals surface area contributed by atoms with Gasteiger partial charge in [-0.15, -0.1) is 0 Å². The van der Waals surface area contributed by atoms with Gasteiger partial charge in [-0.05, 0) is 35.4 Å². The van der Waals surface area contributed by atoms with Gasteiger partial charge in [0.05, 0.1) is 13.2 Å². The minimum absolute atomic E-state index is 0. The summed E-state index contributed by atoms with van der Waals surface area (Å²) in [5, 5.41) is 20.4. The van der Waals surface area contributed by atoms with Gasteiger partial charge in [0.1, 0.15) is 11.5 Å². The molecule has 0 spiro atoms. The molecule has 0 aliphatic rings. The zero-order chi connectivity index (χ0) is 25.0. The van der Waals surface area contributed by atoms with Crippen LogP contribution in [-0.2, 0) is 39.8 Å². The second-order valence-electron chi connectivity index (χ2n) is 8.05. The van der Waals surface area contributed by atoms with Crippen molar-refractivity contribution >= 4 is 12.4 Å². The molecule has 0 aliphatic heterocycles. The monoisotopic (exact) mass is 570 g/mol. The molecule has 0 saturated heterocycles. The van der Waals surface area contributed by atoms with E-state index in [1.165, 1.54) is 0 Å². The molecule has 0 heterocycles. The number of nitrogens with zero attached hydrogens (tertiary/aromatic N) is 2. The summed E-state index contributed by atoms with van der Waals surface area (Å²) in [6.45, 7) is 0.585. The molecule has 2 atom stereocenters. The molecule has 195 valence electrons. The predicted octanol–water partition coefficient (Wildman–Crippen LogP) is 2.72. The third-order valence-corrected chi connectivity index (χ3v) is 5.37. The summed E-state index contributed by atoms with van der Waals surface area (Å²) in [5.74, 6) is 0.227. The molecule has 4 rings (SSSR count). The third kappa shape index (κ3) is 9.45. The standard InChI is InChI=1S/C30H28N2O4.ClH.Mn/c33-27-17-9-7-15-25(27)19-31-29(35-21-23-11-3-1-4-12-23)30(36-22-24-13-5-2-6-14-24)32-20-26-16-8-10-18-28(26)34;;/h1-20,29-30,33-34H,21-22H2;1H;/q;;+2/p-1/b31-19+,32-20+;;. The molecule has 2 unspecified atom stereocenters. The summed E-state index contributed by atoms with van der Waals surface area (Å²) in [6.07, 6.45) is 1.46. The Morgan fingerprint density at radius 3 is 1.26 bits per heavy atom. The molecule has 6 nitrogen and oxygen atoms in total. The Balaban J connectivity index is 0.00000253. The molecule has 2 N–H and O–H groups in total. The van der Waals surface area contributed by atoms with E-state index < -0.39 is 12.5 Å². The van der Waals surface area contributed by atoms with Crippen LogP contribution in [0.1, 0.15) is 22.3 Å². The minimum Gasteiger partial charge on any atom is -1.00 e. The molecule has 0 fully saturated rings. The number of hydrogen-bond acceptors (Lipinski definition) is 6. The Labute approximate surface area is 239 Å². The Hall–Kier alpha value is -3.45. The van der Waals surface area contributed by atoms with E-state index >= 15 is 0 Å². The van der Waals surface area contributed by atoms with Crippen molar-refractivity contribution in [3.05, 3.63) is 131 Å². The number of para-hydroxylation sites is 2. The van der Waals surface area contributed by atoms with Crippen LogP contribution in [0.3, 0.4) is 0 Å². The molecular weight excluding hydrogens is 543 g/mol. The molecule has 0 aromatic heterocycles. The van der Waals surface area contributed by atoms with Crippen LogP contribution in [0.15, 0.2) is 119 Å². The largest absolute Gasteiger partial charge is 2.00 e. The summed E-state index contributed by atoms with van der Waals surface area (Å²) in [5.41, 5.74) is 3.06. The van der Waals surface area contributed by atoms with Gasteiger partial charge in [0.15, 0.2) is 12.5 Å². The smallest absolute Gasteiger partial charge is 1.00 e. The van der Waals surface area contributed by atoms with Crippen LogP contribution in [0.2, 0.25) is 0 Å². The topological polar surface area (TPSA) is 83.6 Å². The fourth-order valence-electron chi connectivity index (χ4n) is 3.41. The quantitative estimate of drug-likeness (QED) is 0.215. The van der Waals surface area contributed by atoms with Crippen molar-refractivity contribution in [1.29, 1.82) is 0 Å². The van der Waals surface area contributed by atoms with Crippen molar-refractivity contribution in [3.63, 3.8) is 0 Å². The number of phenols is 2. The average Bonchev–Trinajstić information content (AvgIpc) is 2.92. The van der Waals surface area contributed by atoms with Crippen molar-refractivity contribution in [3.8, 4) is 11.5 Å². The summed E-state index contributed by atoms with van der Waals surface area (Å²) in [7, 11) is 0. The normalized spacial score (nSPS) is 12.5. The van der Waals surface area contributed by atoms with E-state index in [0.717, 1.165) is 11.1 Å². The summed E-state index contributed by atoms with van der Waals surface area (Å²) in [4.78, 5) is 9.22. The maximum absolute atomic E-state index is 10.2. The van der Waals surface area contributed by atoms with Crippen molar-refractivity contribution < 1.29 is 49.2 Å². The number of phenolic OH excluding ortho intramolecular Hbond substituents is 2. The van der Waals surface area contributed by atoms with Gasteiger partial charge in [-0.1, -0.05) is 84.9 Å². The van der Waals surface area contributed by atoms with E-state index in [-0.39, 0.29) is 41.0 Å². The molecule has 0 saturated carbocycles. The van der Waals surface area contributed by atoms with E-state index in [1.54, 1.807) is 48.8 Å². The predicted molar refractivity (Wildman–Crippen MR) is 141 cm³/mol. The fourth-order valence-corrected chi connectivity index (χ4v) is 3.41. The van der Waals surface area contributed by atoms with Crippen LogP contribution >= 0.6 is 0 Å². The second kappa shape index (κ2) is 16.4. The maximum atomic E-state index is 10.2. The van der Waals surface area contributed by atoms with E-state index in [4.69, 9.17) is 9.47 Å². The number of hydrogen-bond donors (Lipinski definition) is 2. The first kappa shape index (κ1) is 30.8. The molecule has 4 aromatic carbocycles. The first-order valence-electron chi connectivity index (χ1n) is 11.6. The Morgan fingerprint density at radius 2 is 0.895 bits per heavy atom. The molecule has 0 amide bonds. The van der Waals surface area contributed by atoms with Gasteiger partial charge in [-0.2, -0.15) is 0 Å². The SMILES string of the molecule is Oc1ccccc1/C=N/C(OCc1ccccc1)C(/N=C/c1ccccc1O)OCc1ccccc1.[Cl-].[Mn+2]. The second-order valence-corrected chi connectivity index (χ2v) is 8.05. The van der Waals surface area contributed by atoms with Gasteiger partial charge in [0.2, 0.25) is 0 Å². The number of ether oxygens (including phenoxy) is 2. The van der Waals surface area contributed by atoms with Crippen molar-refractivity contribution in [2.45, 2.75) is 25.7 Å². The Bertz CT molecular complexity index is 1190. The molecule has 38 heavy (non-hydrogen) atoms. The van der Waals surface area contributed by atoms with Gasteiger partial charge in [-0.3, -0.25) is 9.98 Å². The Morgan fingerprint density at radius 1 is 0.553 bits per heavy atom. The molecular formula is C30H28ClMnN2O4+. The van der Waals surface area contributed by atoms with Crippen LogP contribution in [-0.4, -0.2) is 35.1 Å². The zero-order valence-corrected chi connectivity index (χ0v) is 22.4. The molecule has 8 heteroatoms. The van der Waals surface area contributed by atoms with E-state index in [1.807, 2.05) is 72.8 Å². The Kier molecular flexibility index (Phi) is 13.3. The number of aliphatic imine (C=N–C) groups is 2. The third-order valence-electron chi connectivity index (χ3n) is 5.37. The molecule has 0 aliphatic carbocycles. The van der Waals surface area contributed by atoms with Crippen molar-refractivity contribution in [2.24, 2.45) is 9.98 Å². The van der Waals surface area contributed by atoms with E-state index in [9.17, 15) is 10.2 Å². The van der Waals surface area contributed by atoms with Gasteiger partial charge < -0.3 is 32.1 Å². The van der Waals surface area contributed by atoms with E-state index in [2.05, 4.69) is 9.98 Å². The van der Waals surface area contributed by atoms with Crippen LogP contribution < -0.4 is 12.4 Å². The minimum atomic E-state index is -0.823. The number of aromatic hydroxyl groups is 2. The maximum Gasteiger partial charge on any atom is 2.00 e. The van der Waals surface area contributed by atoms with Crippen LogP contribution in [0.5, 0.6) is 11.5 Å². The van der Waals surface area contributed by atoms with Crippen molar-refractivity contribution in [2.75, 3.05) is 0 Å².